The Morgan fingerprint density at radius 3 is 0.700 bits per heavy atom. The molecule has 0 aliphatic carbocycles. The van der Waals surface area contributed by atoms with Gasteiger partial charge in [-0.15, -0.1) is 16.4 Å². The Hall–Kier alpha value is -3.99. The first kappa shape index (κ1) is 29.0. The van der Waals surface area contributed by atoms with E-state index in [1.165, 1.54) is 0 Å². The summed E-state index contributed by atoms with van der Waals surface area (Å²) in [6, 6.07) is 0. The highest BCUT2D eigenvalue weighted by Gasteiger charge is 2.38. The fraction of sp³-hybridized carbons (Fsp3) is 0. The van der Waals surface area contributed by atoms with Crippen molar-refractivity contribution in [2.45, 2.75) is 0 Å². The third-order valence-corrected chi connectivity index (χ3v) is 6.09. The maximum atomic E-state index is 15.5. The van der Waals surface area contributed by atoms with E-state index >= 15 is 8.78 Å². The van der Waals surface area contributed by atoms with E-state index < -0.39 is 133 Å². The molecule has 0 saturated carbocycles. The summed E-state index contributed by atoms with van der Waals surface area (Å²) in [5, 5.41) is -4.85. The van der Waals surface area contributed by atoms with Crippen LogP contribution in [-0.4, -0.2) is 6.71 Å². The smallest absolute Gasteiger partial charge is 0.200 e. The summed E-state index contributed by atoms with van der Waals surface area (Å²) in [5.74, 6) is -51.3. The molecule has 0 N–H and O–H groups in total. The first-order valence-electron chi connectivity index (χ1n) is 10.0. The topological polar surface area (TPSA) is 0 Å². The van der Waals surface area contributed by atoms with Gasteiger partial charge in [-0.3, -0.25) is 0 Å². The Bertz CT molecular complexity index is 1650. The van der Waals surface area contributed by atoms with Gasteiger partial charge >= 0.3 is 0 Å². The summed E-state index contributed by atoms with van der Waals surface area (Å²) < 4.78 is 243. The van der Waals surface area contributed by atoms with E-state index in [-0.39, 0.29) is 0 Å². The fourth-order valence-corrected chi connectivity index (χ4v) is 4.30. The van der Waals surface area contributed by atoms with Crippen LogP contribution in [0.5, 0.6) is 0 Å². The molecule has 0 saturated heterocycles. The molecule has 4 aromatic rings. The molecule has 0 aromatic heterocycles. The molecule has 0 amide bonds. The van der Waals surface area contributed by atoms with Crippen LogP contribution in [0.25, 0.3) is 10.8 Å². The van der Waals surface area contributed by atoms with E-state index in [0.717, 1.165) is 0 Å². The maximum Gasteiger partial charge on any atom is 0.200 e. The van der Waals surface area contributed by atoms with E-state index in [1.807, 2.05) is 0 Å². The molecule has 18 heteroatoms. The lowest BCUT2D eigenvalue weighted by atomic mass is 9.35. The van der Waals surface area contributed by atoms with Crippen molar-refractivity contribution in [2.75, 3.05) is 0 Å². The molecular weight excluding hydrogens is 598 g/mol. The van der Waals surface area contributed by atoms with E-state index in [2.05, 4.69) is 0 Å². The highest BCUT2D eigenvalue weighted by molar-refractivity contribution is 6.96. The Morgan fingerprint density at radius 2 is 0.375 bits per heavy atom. The van der Waals surface area contributed by atoms with E-state index in [9.17, 15) is 65.9 Å². The third-order valence-electron chi connectivity index (χ3n) is 6.09. The van der Waals surface area contributed by atoms with Gasteiger partial charge in [-0.05, 0) is 0 Å². The van der Waals surface area contributed by atoms with Gasteiger partial charge < -0.3 is 0 Å². The second-order valence-electron chi connectivity index (χ2n) is 8.05. The van der Waals surface area contributed by atoms with Crippen LogP contribution >= 0.6 is 0 Å². The van der Waals surface area contributed by atoms with Gasteiger partial charge in [-0.25, -0.2) is 74.6 Å². The normalized spacial score (nSPS) is 11.8. The lowest BCUT2D eigenvalue weighted by Crippen LogP contribution is -2.60. The molecule has 0 atom stereocenters. The predicted octanol–water partition coefficient (Wildman–Crippen LogP) is 5.45. The lowest BCUT2D eigenvalue weighted by Gasteiger charge is -2.30. The first-order chi connectivity index (χ1) is 18.5. The predicted molar refractivity (Wildman–Crippen MR) is 102 cm³/mol. The minimum atomic E-state index is -5.36. The summed E-state index contributed by atoms with van der Waals surface area (Å²) >= 11 is 0. The monoisotopic (exact) mass is 599 g/mol. The summed E-state index contributed by atoms with van der Waals surface area (Å²) in [4.78, 5) is 0. The van der Waals surface area contributed by atoms with Crippen LogP contribution in [-0.2, 0) is 0 Å². The fourth-order valence-electron chi connectivity index (χ4n) is 4.30. The second kappa shape index (κ2) is 9.58. The molecule has 0 fully saturated rings. The molecular formula is C22HBF17-. The van der Waals surface area contributed by atoms with Crippen LogP contribution in [0, 0.1) is 98.9 Å². The van der Waals surface area contributed by atoms with Crippen LogP contribution in [0.2, 0.25) is 0 Å². The zero-order chi connectivity index (χ0) is 30.3. The average molecular weight is 599 g/mol. The van der Waals surface area contributed by atoms with Gasteiger partial charge in [-0.2, -0.15) is 0 Å². The number of hydrogen-bond acceptors (Lipinski definition) is 0. The summed E-state index contributed by atoms with van der Waals surface area (Å²) in [6.45, 7) is -5.36. The van der Waals surface area contributed by atoms with Crippen LogP contribution < -0.4 is 16.4 Å². The number of fused-ring (bicyclic) bond motifs is 1. The van der Waals surface area contributed by atoms with Crippen molar-refractivity contribution in [1.82, 2.24) is 0 Å². The Balaban J connectivity index is 2.37. The van der Waals surface area contributed by atoms with Gasteiger partial charge in [0.2, 0.25) is 0 Å². The van der Waals surface area contributed by atoms with Gasteiger partial charge in [0.1, 0.15) is 34.9 Å². The summed E-state index contributed by atoms with van der Waals surface area (Å²) in [5.41, 5.74) is -8.07. The van der Waals surface area contributed by atoms with E-state index in [1.54, 1.807) is 0 Å². The second-order valence-corrected chi connectivity index (χ2v) is 8.05. The van der Waals surface area contributed by atoms with Gasteiger partial charge in [0.05, 0.1) is 17.5 Å². The SMILES string of the molecule is Fc1c(F)c(F)c([BH-](c2c(F)c(F)c(F)c(F)c2F)c2c(F)c(F)c3c(F)c(F)c(F)c(F)c3c2F)c(F)c1F. The zero-order valence-electron chi connectivity index (χ0n) is 18.1. The molecule has 0 radical (unpaired) electrons. The van der Waals surface area contributed by atoms with E-state index in [0.29, 0.717) is 0 Å². The minimum Gasteiger partial charge on any atom is -0.210 e. The van der Waals surface area contributed by atoms with Crippen molar-refractivity contribution < 1.29 is 74.6 Å². The largest absolute Gasteiger partial charge is 0.210 e. The van der Waals surface area contributed by atoms with Crippen molar-refractivity contribution in [3.05, 3.63) is 98.9 Å². The number of benzene rings is 4. The number of rotatable bonds is 3. The number of hydrogen-bond donors (Lipinski definition) is 0. The van der Waals surface area contributed by atoms with Crippen LogP contribution in [0.15, 0.2) is 0 Å². The summed E-state index contributed by atoms with van der Waals surface area (Å²) in [7, 11) is 0. The highest BCUT2D eigenvalue weighted by Crippen LogP contribution is 2.32. The lowest BCUT2D eigenvalue weighted by molar-refractivity contribution is 0.382. The van der Waals surface area contributed by atoms with Crippen molar-refractivity contribution in [3.63, 3.8) is 0 Å². The van der Waals surface area contributed by atoms with E-state index in [4.69, 9.17) is 0 Å². The molecule has 212 valence electrons. The minimum absolute atomic E-state index is 2.39. The molecule has 0 aliphatic heterocycles. The Labute approximate surface area is 208 Å². The standard InChI is InChI=1S/C22HBF17/c24-6-1-2(9(27)16(34)15(33)8(1)26)7(25)10(28)3(6)23(4-11(29)17(35)21(39)18(36)12(4)30)5-13(31)19(37)22(40)20(38)14(5)32/h23H/q-1. The van der Waals surface area contributed by atoms with Crippen molar-refractivity contribution in [3.8, 4) is 0 Å². The Kier molecular flexibility index (Phi) is 6.95. The molecule has 0 heterocycles. The zero-order valence-corrected chi connectivity index (χ0v) is 18.1. The first-order valence-corrected chi connectivity index (χ1v) is 10.0. The molecule has 0 unspecified atom stereocenters. The molecule has 40 heavy (non-hydrogen) atoms. The third kappa shape index (κ3) is 3.71. The maximum absolute atomic E-state index is 15.5. The van der Waals surface area contributed by atoms with Crippen molar-refractivity contribution in [1.29, 1.82) is 0 Å². The number of halogens is 17. The van der Waals surface area contributed by atoms with Crippen molar-refractivity contribution in [2.24, 2.45) is 0 Å². The van der Waals surface area contributed by atoms with Crippen LogP contribution in [0.3, 0.4) is 0 Å². The molecule has 0 bridgehead atoms. The summed E-state index contributed by atoms with van der Waals surface area (Å²) in [6.07, 6.45) is 0. The molecule has 4 rings (SSSR count). The van der Waals surface area contributed by atoms with Crippen LogP contribution in [0.4, 0.5) is 74.6 Å². The van der Waals surface area contributed by atoms with Gasteiger partial charge in [0.25, 0.3) is 0 Å². The van der Waals surface area contributed by atoms with Crippen LogP contribution in [0.1, 0.15) is 0 Å². The molecule has 0 aliphatic rings. The van der Waals surface area contributed by atoms with Gasteiger partial charge in [-0.1, -0.05) is 0 Å². The average Bonchev–Trinajstić information content (AvgIpc) is 2.92. The molecule has 0 nitrogen and oxygen atoms in total. The molecule has 4 aromatic carbocycles. The molecule has 0 spiro atoms. The Morgan fingerprint density at radius 1 is 0.200 bits per heavy atom. The van der Waals surface area contributed by atoms with Crippen molar-refractivity contribution >= 4 is 33.9 Å². The van der Waals surface area contributed by atoms with Gasteiger partial charge in [0.15, 0.2) is 64.0 Å². The van der Waals surface area contributed by atoms with Gasteiger partial charge in [0, 0.05) is 0 Å². The highest BCUT2D eigenvalue weighted by atomic mass is 19.2. The quantitative estimate of drug-likeness (QED) is 0.127.